The zero-order valence-electron chi connectivity index (χ0n) is 12.2. The summed E-state index contributed by atoms with van der Waals surface area (Å²) in [6, 6.07) is 7.94. The number of methoxy groups -OCH3 is 1. The van der Waals surface area contributed by atoms with Gasteiger partial charge in [0, 0.05) is 18.0 Å². The second-order valence-corrected chi connectivity index (χ2v) is 5.01. The van der Waals surface area contributed by atoms with Gasteiger partial charge in [-0.15, -0.1) is 0 Å². The molecule has 0 saturated carbocycles. The highest BCUT2D eigenvalue weighted by Gasteiger charge is 2.35. The Morgan fingerprint density at radius 3 is 3.05 bits per heavy atom. The predicted molar refractivity (Wildman–Crippen MR) is 79.2 cm³/mol. The second kappa shape index (κ2) is 5.75. The molecule has 2 aromatic rings. The molecule has 0 fully saturated rings. The van der Waals surface area contributed by atoms with Crippen LogP contribution in [0.5, 0.6) is 11.5 Å². The maximum Gasteiger partial charge on any atom is 0.161 e. The molecule has 2 unspecified atom stereocenters. The van der Waals surface area contributed by atoms with Crippen LogP contribution in [0, 0.1) is 0 Å². The average molecular weight is 288 g/mol. The Hall–Kier alpha value is -2.05. The minimum absolute atomic E-state index is 0.119. The second-order valence-electron chi connectivity index (χ2n) is 5.01. The molecule has 21 heavy (non-hydrogen) atoms. The van der Waals surface area contributed by atoms with Crippen LogP contribution >= 0.6 is 0 Å². The quantitative estimate of drug-likeness (QED) is 0.645. The van der Waals surface area contributed by atoms with Crippen molar-refractivity contribution in [3.05, 3.63) is 41.7 Å². The van der Waals surface area contributed by atoms with Gasteiger partial charge in [-0.3, -0.25) is 16.0 Å². The van der Waals surface area contributed by atoms with Crippen molar-refractivity contribution in [2.75, 3.05) is 13.7 Å². The van der Waals surface area contributed by atoms with Crippen molar-refractivity contribution in [2.45, 2.75) is 25.4 Å². The fraction of sp³-hybridized carbons (Fsp3) is 0.400. The Kier molecular flexibility index (Phi) is 3.81. The lowest BCUT2D eigenvalue weighted by Crippen LogP contribution is -2.35. The first-order valence-corrected chi connectivity index (χ1v) is 7.07. The molecule has 3 N–H and O–H groups in total. The highest BCUT2D eigenvalue weighted by molar-refractivity contribution is 5.43. The Morgan fingerprint density at radius 2 is 2.33 bits per heavy atom. The van der Waals surface area contributed by atoms with Gasteiger partial charge in [0.1, 0.15) is 5.75 Å². The molecular weight excluding hydrogens is 268 g/mol. The number of hydrogen-bond acceptors (Lipinski definition) is 5. The van der Waals surface area contributed by atoms with E-state index in [-0.39, 0.29) is 12.0 Å². The van der Waals surface area contributed by atoms with E-state index in [2.05, 4.69) is 16.6 Å². The number of para-hydroxylation sites is 1. The van der Waals surface area contributed by atoms with Crippen LogP contribution < -0.4 is 20.7 Å². The topological polar surface area (TPSA) is 74.3 Å². The third kappa shape index (κ3) is 2.26. The number of nitrogens with two attached hydrogens (primary N) is 1. The number of nitrogens with one attached hydrogen (secondary N) is 1. The maximum absolute atomic E-state index is 5.85. The average Bonchev–Trinajstić information content (AvgIpc) is 3.13. The van der Waals surface area contributed by atoms with Gasteiger partial charge >= 0.3 is 0 Å². The number of ether oxygens (including phenoxy) is 2. The smallest absolute Gasteiger partial charge is 0.161 e. The highest BCUT2D eigenvalue weighted by Crippen LogP contribution is 2.42. The first-order chi connectivity index (χ1) is 10.3. The summed E-state index contributed by atoms with van der Waals surface area (Å²) in [6.45, 7) is 3.39. The van der Waals surface area contributed by atoms with Crippen LogP contribution in [-0.2, 0) is 6.54 Å². The molecule has 0 spiro atoms. The number of aryl methyl sites for hydroxylation is 1. The molecule has 6 heteroatoms. The van der Waals surface area contributed by atoms with E-state index in [1.807, 2.05) is 29.8 Å². The van der Waals surface area contributed by atoms with E-state index in [4.69, 9.17) is 15.3 Å². The highest BCUT2D eigenvalue weighted by atomic mass is 16.5. The first kappa shape index (κ1) is 13.9. The van der Waals surface area contributed by atoms with Crippen LogP contribution in [0.3, 0.4) is 0 Å². The van der Waals surface area contributed by atoms with Crippen molar-refractivity contribution in [2.24, 2.45) is 5.84 Å². The number of hydrogen-bond donors (Lipinski definition) is 2. The third-order valence-electron chi connectivity index (χ3n) is 3.98. The lowest BCUT2D eigenvalue weighted by molar-refractivity contribution is 0.290. The minimum Gasteiger partial charge on any atom is -0.493 e. The van der Waals surface area contributed by atoms with Gasteiger partial charge in [-0.2, -0.15) is 5.10 Å². The van der Waals surface area contributed by atoms with Gasteiger partial charge in [-0.05, 0) is 13.0 Å². The summed E-state index contributed by atoms with van der Waals surface area (Å²) in [5, 5.41) is 4.36. The summed E-state index contributed by atoms with van der Waals surface area (Å²) >= 11 is 0. The number of aromatic nitrogens is 2. The van der Waals surface area contributed by atoms with Crippen LogP contribution in [0.4, 0.5) is 0 Å². The van der Waals surface area contributed by atoms with Crippen molar-refractivity contribution >= 4 is 0 Å². The Morgan fingerprint density at radius 1 is 1.52 bits per heavy atom. The largest absolute Gasteiger partial charge is 0.493 e. The molecular formula is C15H20N4O2. The normalized spacial score (nSPS) is 18.1. The fourth-order valence-corrected chi connectivity index (χ4v) is 2.95. The van der Waals surface area contributed by atoms with Gasteiger partial charge in [0.25, 0.3) is 0 Å². The molecule has 2 heterocycles. The maximum atomic E-state index is 5.85. The Bertz CT molecular complexity index is 604. The van der Waals surface area contributed by atoms with Crippen molar-refractivity contribution in [3.63, 3.8) is 0 Å². The summed E-state index contributed by atoms with van der Waals surface area (Å²) in [5.41, 5.74) is 5.03. The van der Waals surface area contributed by atoms with E-state index in [9.17, 15) is 0 Å². The van der Waals surface area contributed by atoms with Crippen LogP contribution in [0.25, 0.3) is 0 Å². The molecule has 1 aliphatic rings. The zero-order valence-corrected chi connectivity index (χ0v) is 12.2. The zero-order chi connectivity index (χ0) is 14.8. The van der Waals surface area contributed by atoms with E-state index >= 15 is 0 Å². The van der Waals surface area contributed by atoms with E-state index in [0.29, 0.717) is 6.61 Å². The van der Waals surface area contributed by atoms with Crippen LogP contribution in [0.2, 0.25) is 0 Å². The fourth-order valence-electron chi connectivity index (χ4n) is 2.95. The molecule has 0 bridgehead atoms. The number of fused-ring (bicyclic) bond motifs is 1. The summed E-state index contributed by atoms with van der Waals surface area (Å²) in [6.07, 6.45) is 1.73. The first-order valence-electron chi connectivity index (χ1n) is 7.07. The summed E-state index contributed by atoms with van der Waals surface area (Å²) in [7, 11) is 1.65. The van der Waals surface area contributed by atoms with Crippen LogP contribution in [-0.4, -0.2) is 23.5 Å². The number of benzene rings is 1. The third-order valence-corrected chi connectivity index (χ3v) is 3.98. The predicted octanol–water partition coefficient (Wildman–Crippen LogP) is 1.59. The molecule has 112 valence electrons. The molecule has 1 aliphatic heterocycles. The van der Waals surface area contributed by atoms with Crippen molar-refractivity contribution in [1.29, 1.82) is 0 Å². The van der Waals surface area contributed by atoms with Crippen LogP contribution in [0.15, 0.2) is 30.5 Å². The van der Waals surface area contributed by atoms with Gasteiger partial charge in [0.05, 0.1) is 31.6 Å². The van der Waals surface area contributed by atoms with Crippen molar-refractivity contribution in [3.8, 4) is 11.5 Å². The van der Waals surface area contributed by atoms with Gasteiger partial charge in [0.15, 0.2) is 5.75 Å². The van der Waals surface area contributed by atoms with E-state index in [1.165, 1.54) is 0 Å². The lowest BCUT2D eigenvalue weighted by Gasteiger charge is -2.23. The molecule has 2 atom stereocenters. The molecule has 6 nitrogen and oxygen atoms in total. The summed E-state index contributed by atoms with van der Waals surface area (Å²) < 4.78 is 13.1. The molecule has 3 rings (SSSR count). The number of hydrazine groups is 1. The summed E-state index contributed by atoms with van der Waals surface area (Å²) in [5.74, 6) is 7.63. The molecule has 0 aliphatic carbocycles. The van der Waals surface area contributed by atoms with Gasteiger partial charge < -0.3 is 9.47 Å². The Balaban J connectivity index is 2.02. The van der Waals surface area contributed by atoms with Gasteiger partial charge in [0.2, 0.25) is 0 Å². The SMILES string of the molecule is CCn1ncc(OC)c1C(NN)C1COc2ccccc21. The molecule has 0 amide bonds. The van der Waals surface area contributed by atoms with E-state index in [1.54, 1.807) is 13.3 Å². The molecule has 0 saturated heterocycles. The minimum atomic E-state index is -0.119. The standard InChI is InChI=1S/C15H20N4O2/c1-3-19-15(13(20-2)8-17-19)14(18-16)11-9-21-12-7-5-4-6-10(11)12/h4-8,11,14,18H,3,9,16H2,1-2H3. The Labute approximate surface area is 123 Å². The molecule has 1 aromatic carbocycles. The van der Waals surface area contributed by atoms with Crippen LogP contribution in [0.1, 0.15) is 30.1 Å². The lowest BCUT2D eigenvalue weighted by atomic mass is 9.91. The van der Waals surface area contributed by atoms with Crippen molar-refractivity contribution < 1.29 is 9.47 Å². The number of rotatable bonds is 5. The monoisotopic (exact) mass is 288 g/mol. The van der Waals surface area contributed by atoms with Crippen molar-refractivity contribution in [1.82, 2.24) is 15.2 Å². The van der Waals surface area contributed by atoms with E-state index in [0.717, 1.165) is 29.3 Å². The number of nitrogens with zero attached hydrogens (tertiary/aromatic N) is 2. The van der Waals surface area contributed by atoms with E-state index < -0.39 is 0 Å². The summed E-state index contributed by atoms with van der Waals surface area (Å²) in [4.78, 5) is 0. The molecule has 0 radical (unpaired) electrons. The van der Waals surface area contributed by atoms with Gasteiger partial charge in [-0.1, -0.05) is 18.2 Å². The van der Waals surface area contributed by atoms with Gasteiger partial charge in [-0.25, -0.2) is 0 Å². The molecule has 1 aromatic heterocycles.